The molecule has 0 fully saturated rings. The number of hydrogen-bond donors (Lipinski definition) is 1. The van der Waals surface area contributed by atoms with E-state index in [9.17, 15) is 14.4 Å². The Bertz CT molecular complexity index is 406. The van der Waals surface area contributed by atoms with E-state index in [1.54, 1.807) is 20.8 Å². The Labute approximate surface area is 172 Å². The van der Waals surface area contributed by atoms with Crippen LogP contribution in [-0.4, -0.2) is 82.9 Å². The second-order valence-corrected chi connectivity index (χ2v) is 6.19. The Kier molecular flexibility index (Phi) is 16.1. The minimum absolute atomic E-state index is 0.0607. The molecule has 170 valence electrons. The summed E-state index contributed by atoms with van der Waals surface area (Å²) in [5, 5.41) is 0. The molecule has 0 aliphatic heterocycles. The molecule has 0 amide bonds. The maximum atomic E-state index is 11.4. The third-order valence-electron chi connectivity index (χ3n) is 3.44. The van der Waals surface area contributed by atoms with Crippen molar-refractivity contribution in [2.24, 2.45) is 5.73 Å². The predicted octanol–water partition coefficient (Wildman–Crippen LogP) is 0.593. The minimum Gasteiger partial charge on any atom is -0.466 e. The van der Waals surface area contributed by atoms with Crippen molar-refractivity contribution in [3.63, 3.8) is 0 Å². The molecule has 0 aliphatic rings. The van der Waals surface area contributed by atoms with E-state index < -0.39 is 5.54 Å². The Morgan fingerprint density at radius 1 is 0.621 bits per heavy atom. The second-order valence-electron chi connectivity index (χ2n) is 6.19. The van der Waals surface area contributed by atoms with Crippen LogP contribution < -0.4 is 5.73 Å². The van der Waals surface area contributed by atoms with Gasteiger partial charge >= 0.3 is 17.9 Å². The number of carbonyl (C=O) groups is 3. The molecule has 0 spiro atoms. The molecule has 0 atom stereocenters. The van der Waals surface area contributed by atoms with Gasteiger partial charge in [0.05, 0.1) is 84.3 Å². The number of esters is 3. The maximum Gasteiger partial charge on any atom is 0.308 e. The fraction of sp³-hybridized carbons (Fsp3) is 0.842. The molecular weight excluding hydrogens is 386 g/mol. The zero-order valence-electron chi connectivity index (χ0n) is 17.7. The van der Waals surface area contributed by atoms with Crippen molar-refractivity contribution < 1.29 is 42.8 Å². The fourth-order valence-electron chi connectivity index (χ4n) is 2.12. The van der Waals surface area contributed by atoms with Gasteiger partial charge in [0.25, 0.3) is 0 Å². The van der Waals surface area contributed by atoms with Gasteiger partial charge < -0.3 is 34.2 Å². The highest BCUT2D eigenvalue weighted by atomic mass is 16.5. The van der Waals surface area contributed by atoms with E-state index >= 15 is 0 Å². The van der Waals surface area contributed by atoms with Gasteiger partial charge in [-0.25, -0.2) is 0 Å². The molecule has 29 heavy (non-hydrogen) atoms. The van der Waals surface area contributed by atoms with Crippen LogP contribution in [0.25, 0.3) is 0 Å². The van der Waals surface area contributed by atoms with Gasteiger partial charge in [0.1, 0.15) is 0 Å². The Morgan fingerprint density at radius 3 is 1.14 bits per heavy atom. The lowest BCUT2D eigenvalue weighted by atomic mass is 10.1. The summed E-state index contributed by atoms with van der Waals surface area (Å²) < 4.78 is 30.9. The normalized spacial score (nSPS) is 11.2. The van der Waals surface area contributed by atoms with Crippen molar-refractivity contribution in [1.82, 2.24) is 0 Å². The van der Waals surface area contributed by atoms with E-state index in [1.165, 1.54) is 0 Å². The standard InChI is InChI=1S/C19H35NO9/c1-4-27-16(21)7-10-24-13-19(20,14-25-11-8-17(22)28-5-2)15-26-12-9-18(23)29-6-3/h4-15,20H2,1-3H3. The number of carbonyl (C=O) groups excluding carboxylic acids is 3. The van der Waals surface area contributed by atoms with Crippen LogP contribution in [0.15, 0.2) is 0 Å². The van der Waals surface area contributed by atoms with E-state index in [2.05, 4.69) is 0 Å². The molecule has 0 aliphatic carbocycles. The third-order valence-corrected chi connectivity index (χ3v) is 3.44. The lowest BCUT2D eigenvalue weighted by Crippen LogP contribution is -2.53. The van der Waals surface area contributed by atoms with Gasteiger partial charge in [-0.15, -0.1) is 0 Å². The van der Waals surface area contributed by atoms with Crippen LogP contribution in [0, 0.1) is 0 Å². The Morgan fingerprint density at radius 2 is 0.897 bits per heavy atom. The van der Waals surface area contributed by atoms with E-state index in [0.29, 0.717) is 19.8 Å². The molecular formula is C19H35NO9. The summed E-state index contributed by atoms with van der Waals surface area (Å²) in [6.45, 7) is 6.71. The summed E-state index contributed by atoms with van der Waals surface area (Å²) >= 11 is 0. The zero-order valence-corrected chi connectivity index (χ0v) is 17.7. The summed E-state index contributed by atoms with van der Waals surface area (Å²) in [6.07, 6.45) is 0.325. The maximum absolute atomic E-state index is 11.4. The van der Waals surface area contributed by atoms with Crippen molar-refractivity contribution in [3.05, 3.63) is 0 Å². The van der Waals surface area contributed by atoms with Crippen molar-refractivity contribution in [1.29, 1.82) is 0 Å². The quantitative estimate of drug-likeness (QED) is 0.190. The number of hydrogen-bond acceptors (Lipinski definition) is 10. The molecule has 0 unspecified atom stereocenters. The van der Waals surface area contributed by atoms with Crippen molar-refractivity contribution >= 4 is 17.9 Å². The molecule has 0 saturated carbocycles. The summed E-state index contributed by atoms with van der Waals surface area (Å²) in [7, 11) is 0. The molecule has 0 aromatic rings. The van der Waals surface area contributed by atoms with Crippen LogP contribution in [0.5, 0.6) is 0 Å². The van der Waals surface area contributed by atoms with E-state index in [-0.39, 0.29) is 76.8 Å². The van der Waals surface area contributed by atoms with Crippen LogP contribution in [0.4, 0.5) is 0 Å². The lowest BCUT2D eigenvalue weighted by molar-refractivity contribution is -0.145. The smallest absolute Gasteiger partial charge is 0.308 e. The third kappa shape index (κ3) is 15.8. The molecule has 10 heteroatoms. The molecule has 0 aromatic heterocycles. The molecule has 0 bridgehead atoms. The summed E-state index contributed by atoms with van der Waals surface area (Å²) in [4.78, 5) is 34.1. The van der Waals surface area contributed by atoms with Crippen LogP contribution in [0.1, 0.15) is 40.0 Å². The van der Waals surface area contributed by atoms with Crippen molar-refractivity contribution in [3.8, 4) is 0 Å². The van der Waals surface area contributed by atoms with Crippen LogP contribution >= 0.6 is 0 Å². The Balaban J connectivity index is 4.37. The summed E-state index contributed by atoms with van der Waals surface area (Å²) in [5.74, 6) is -1.07. The average molecular weight is 421 g/mol. The first-order valence-electron chi connectivity index (χ1n) is 9.85. The molecule has 10 nitrogen and oxygen atoms in total. The molecule has 0 aromatic carbocycles. The highest BCUT2D eigenvalue weighted by molar-refractivity contribution is 5.70. The van der Waals surface area contributed by atoms with Gasteiger partial charge in [-0.3, -0.25) is 14.4 Å². The van der Waals surface area contributed by atoms with Crippen molar-refractivity contribution in [2.45, 2.75) is 45.6 Å². The first-order valence-corrected chi connectivity index (χ1v) is 9.85. The predicted molar refractivity (Wildman–Crippen MR) is 103 cm³/mol. The second kappa shape index (κ2) is 17.1. The van der Waals surface area contributed by atoms with E-state index in [0.717, 1.165) is 0 Å². The molecule has 2 N–H and O–H groups in total. The summed E-state index contributed by atoms with van der Waals surface area (Å²) in [5.41, 5.74) is 5.29. The van der Waals surface area contributed by atoms with Crippen LogP contribution in [0.3, 0.4) is 0 Å². The van der Waals surface area contributed by atoms with Gasteiger partial charge in [-0.1, -0.05) is 0 Å². The minimum atomic E-state index is -1.02. The first kappa shape index (κ1) is 27.2. The zero-order chi connectivity index (χ0) is 22.0. The molecule has 0 rings (SSSR count). The van der Waals surface area contributed by atoms with Gasteiger partial charge in [-0.2, -0.15) is 0 Å². The average Bonchev–Trinajstić information content (AvgIpc) is 2.67. The lowest BCUT2D eigenvalue weighted by Gasteiger charge is -2.28. The largest absolute Gasteiger partial charge is 0.466 e. The first-order chi connectivity index (χ1) is 13.9. The number of ether oxygens (including phenoxy) is 6. The summed E-state index contributed by atoms with van der Waals surface area (Å²) in [6, 6.07) is 0. The van der Waals surface area contributed by atoms with E-state index in [1.807, 2.05) is 0 Å². The van der Waals surface area contributed by atoms with E-state index in [4.69, 9.17) is 34.2 Å². The highest BCUT2D eigenvalue weighted by Gasteiger charge is 2.27. The monoisotopic (exact) mass is 421 g/mol. The highest BCUT2D eigenvalue weighted by Crippen LogP contribution is 2.07. The molecule has 0 saturated heterocycles. The van der Waals surface area contributed by atoms with Crippen molar-refractivity contribution in [2.75, 3.05) is 59.5 Å². The molecule has 0 radical (unpaired) electrons. The van der Waals surface area contributed by atoms with Gasteiger partial charge in [-0.05, 0) is 20.8 Å². The Hall–Kier alpha value is -1.75. The van der Waals surface area contributed by atoms with Gasteiger partial charge in [0, 0.05) is 0 Å². The topological polar surface area (TPSA) is 133 Å². The van der Waals surface area contributed by atoms with Gasteiger partial charge in [0.2, 0.25) is 0 Å². The number of nitrogens with two attached hydrogens (primary N) is 1. The molecule has 0 heterocycles. The van der Waals surface area contributed by atoms with Crippen LogP contribution in [-0.2, 0) is 42.8 Å². The van der Waals surface area contributed by atoms with Gasteiger partial charge in [0.15, 0.2) is 0 Å². The van der Waals surface area contributed by atoms with Crippen LogP contribution in [0.2, 0.25) is 0 Å². The SMILES string of the molecule is CCOC(=O)CCOCC(N)(COCCC(=O)OCC)COCCC(=O)OCC. The fourth-order valence-corrected chi connectivity index (χ4v) is 2.12. The number of rotatable bonds is 18.